The van der Waals surface area contributed by atoms with Crippen LogP contribution in [0.25, 0.3) is 6.08 Å². The Morgan fingerprint density at radius 2 is 2.00 bits per heavy atom. The van der Waals surface area contributed by atoms with Gasteiger partial charge < -0.3 is 10.2 Å². The van der Waals surface area contributed by atoms with Gasteiger partial charge in [-0.3, -0.25) is 4.98 Å². The largest absolute Gasteiger partial charge is 0.390 e. The topological polar surface area (TPSA) is 53.4 Å². The zero-order chi connectivity index (χ0) is 12.0. The van der Waals surface area contributed by atoms with Crippen molar-refractivity contribution < 1.29 is 10.2 Å². The van der Waals surface area contributed by atoms with E-state index in [1.807, 2.05) is 31.2 Å². The van der Waals surface area contributed by atoms with Crippen molar-refractivity contribution in [1.82, 2.24) is 4.98 Å². The molecule has 0 saturated heterocycles. The van der Waals surface area contributed by atoms with E-state index in [1.165, 1.54) is 6.08 Å². The monoisotopic (exact) mass is 219 g/mol. The summed E-state index contributed by atoms with van der Waals surface area (Å²) in [6, 6.07) is 5.78. The molecule has 1 aromatic heterocycles. The quantitative estimate of drug-likeness (QED) is 0.758. The molecule has 3 nitrogen and oxygen atoms in total. The highest BCUT2D eigenvalue weighted by Crippen LogP contribution is 2.01. The van der Waals surface area contributed by atoms with Crippen molar-refractivity contribution >= 4 is 6.08 Å². The number of hydrogen-bond donors (Lipinski definition) is 2. The van der Waals surface area contributed by atoms with Crippen LogP contribution in [0.2, 0.25) is 0 Å². The van der Waals surface area contributed by atoms with Gasteiger partial charge in [-0.2, -0.15) is 0 Å². The number of hydrogen-bond acceptors (Lipinski definition) is 3. The summed E-state index contributed by atoms with van der Waals surface area (Å²) in [5, 5.41) is 18.3. The summed E-state index contributed by atoms with van der Waals surface area (Å²) in [5.74, 6) is 0. The molecule has 2 N–H and O–H groups in total. The first kappa shape index (κ1) is 12.6. The maximum atomic E-state index is 9.28. The van der Waals surface area contributed by atoms with Crippen LogP contribution in [0, 0.1) is 6.92 Å². The predicted molar refractivity (Wildman–Crippen MR) is 64.8 cm³/mol. The normalized spacial score (nSPS) is 15.8. The molecule has 0 radical (unpaired) electrons. The van der Waals surface area contributed by atoms with Gasteiger partial charge in [0.15, 0.2) is 0 Å². The minimum absolute atomic E-state index is 0.748. The summed E-state index contributed by atoms with van der Waals surface area (Å²) in [5.41, 5.74) is 1.84. The van der Waals surface area contributed by atoms with E-state index < -0.39 is 12.2 Å². The van der Waals surface area contributed by atoms with Gasteiger partial charge in [0, 0.05) is 5.69 Å². The van der Waals surface area contributed by atoms with Crippen LogP contribution in [0.5, 0.6) is 0 Å². The molecule has 86 valence electrons. The summed E-state index contributed by atoms with van der Waals surface area (Å²) in [4.78, 5) is 4.29. The average molecular weight is 219 g/mol. The maximum Gasteiger partial charge on any atom is 0.0980 e. The Bertz CT molecular complexity index is 383. The van der Waals surface area contributed by atoms with Crippen molar-refractivity contribution in [2.45, 2.75) is 26.1 Å². The molecule has 0 saturated carbocycles. The molecule has 2 atom stereocenters. The van der Waals surface area contributed by atoms with E-state index >= 15 is 0 Å². The number of aromatic nitrogens is 1. The van der Waals surface area contributed by atoms with Gasteiger partial charge in [-0.25, -0.2) is 0 Å². The highest BCUT2D eigenvalue weighted by atomic mass is 16.3. The first-order valence-electron chi connectivity index (χ1n) is 5.24. The van der Waals surface area contributed by atoms with Crippen molar-refractivity contribution in [2.24, 2.45) is 0 Å². The second-order valence-electron chi connectivity index (χ2n) is 3.68. The SMILES string of the molecule is Cc1cccc(/C=C/C=C/[C@H](O)[C@@H](C)O)n1. The van der Waals surface area contributed by atoms with Crippen LogP contribution in [0.15, 0.2) is 36.4 Å². The van der Waals surface area contributed by atoms with E-state index in [4.69, 9.17) is 5.11 Å². The molecule has 0 spiro atoms. The predicted octanol–water partition coefficient (Wildman–Crippen LogP) is 1.70. The number of pyridine rings is 1. The molecule has 1 rings (SSSR count). The van der Waals surface area contributed by atoms with Crippen LogP contribution < -0.4 is 0 Å². The van der Waals surface area contributed by atoms with Crippen LogP contribution >= 0.6 is 0 Å². The lowest BCUT2D eigenvalue weighted by molar-refractivity contribution is 0.0619. The van der Waals surface area contributed by atoms with Gasteiger partial charge in [0.2, 0.25) is 0 Å². The maximum absolute atomic E-state index is 9.28. The van der Waals surface area contributed by atoms with Gasteiger partial charge in [0.05, 0.1) is 17.9 Å². The van der Waals surface area contributed by atoms with Gasteiger partial charge in [0.25, 0.3) is 0 Å². The average Bonchev–Trinajstić information content (AvgIpc) is 2.24. The fraction of sp³-hybridized carbons (Fsp3) is 0.308. The molecule has 0 amide bonds. The smallest absolute Gasteiger partial charge is 0.0980 e. The Balaban J connectivity index is 2.55. The van der Waals surface area contributed by atoms with Crippen molar-refractivity contribution in [3.63, 3.8) is 0 Å². The Hall–Kier alpha value is -1.45. The lowest BCUT2D eigenvalue weighted by Gasteiger charge is -2.06. The summed E-state index contributed by atoms with van der Waals surface area (Å²) < 4.78 is 0. The summed E-state index contributed by atoms with van der Waals surface area (Å²) in [7, 11) is 0. The Kier molecular flexibility index (Phi) is 4.89. The zero-order valence-electron chi connectivity index (χ0n) is 9.54. The molecule has 1 aromatic rings. The minimum Gasteiger partial charge on any atom is -0.390 e. The van der Waals surface area contributed by atoms with Gasteiger partial charge >= 0.3 is 0 Å². The molecule has 0 aliphatic carbocycles. The van der Waals surface area contributed by atoms with Crippen LogP contribution in [-0.4, -0.2) is 27.4 Å². The molecule has 0 aliphatic rings. The fourth-order valence-electron chi connectivity index (χ4n) is 1.15. The lowest BCUT2D eigenvalue weighted by Crippen LogP contribution is -2.19. The molecule has 0 fully saturated rings. The third-order valence-electron chi connectivity index (χ3n) is 2.09. The molecule has 16 heavy (non-hydrogen) atoms. The highest BCUT2D eigenvalue weighted by Gasteiger charge is 2.04. The summed E-state index contributed by atoms with van der Waals surface area (Å²) in [6.07, 6.45) is 5.29. The Morgan fingerprint density at radius 3 is 2.62 bits per heavy atom. The first-order valence-corrected chi connectivity index (χ1v) is 5.24. The Morgan fingerprint density at radius 1 is 1.25 bits per heavy atom. The van der Waals surface area contributed by atoms with Gasteiger partial charge in [0.1, 0.15) is 0 Å². The van der Waals surface area contributed by atoms with E-state index in [0.29, 0.717) is 0 Å². The third kappa shape index (κ3) is 4.38. The van der Waals surface area contributed by atoms with Crippen molar-refractivity contribution in [1.29, 1.82) is 0 Å². The van der Waals surface area contributed by atoms with E-state index in [1.54, 1.807) is 19.1 Å². The van der Waals surface area contributed by atoms with Gasteiger partial charge in [-0.05, 0) is 32.1 Å². The lowest BCUT2D eigenvalue weighted by atomic mass is 10.2. The van der Waals surface area contributed by atoms with Crippen molar-refractivity contribution in [3.05, 3.63) is 47.8 Å². The zero-order valence-corrected chi connectivity index (χ0v) is 9.54. The van der Waals surface area contributed by atoms with Crippen LogP contribution in [-0.2, 0) is 0 Å². The number of aryl methyl sites for hydroxylation is 1. The Labute approximate surface area is 95.8 Å². The van der Waals surface area contributed by atoms with Crippen molar-refractivity contribution in [3.8, 4) is 0 Å². The number of allylic oxidation sites excluding steroid dienone is 2. The standard InChI is InChI=1S/C13H17NO2/c1-10-6-5-8-12(14-10)7-3-4-9-13(16)11(2)15/h3-9,11,13,15-16H,1-2H3/b7-3+,9-4+/t11-,13+/m1/s1. The number of aliphatic hydroxyl groups excluding tert-OH is 2. The summed E-state index contributed by atoms with van der Waals surface area (Å²) in [6.45, 7) is 3.48. The minimum atomic E-state index is -0.824. The fourth-order valence-corrected chi connectivity index (χ4v) is 1.15. The second-order valence-corrected chi connectivity index (χ2v) is 3.68. The van der Waals surface area contributed by atoms with E-state index in [9.17, 15) is 5.11 Å². The molecule has 3 heteroatoms. The summed E-state index contributed by atoms with van der Waals surface area (Å²) >= 11 is 0. The molecule has 1 heterocycles. The van der Waals surface area contributed by atoms with Crippen molar-refractivity contribution in [2.75, 3.05) is 0 Å². The molecular formula is C13H17NO2. The highest BCUT2D eigenvalue weighted by molar-refractivity contribution is 5.46. The van der Waals surface area contributed by atoms with Crippen LogP contribution in [0.4, 0.5) is 0 Å². The molecule has 0 unspecified atom stereocenters. The molecule has 0 bridgehead atoms. The number of rotatable bonds is 4. The second kappa shape index (κ2) is 6.20. The van der Waals surface area contributed by atoms with Gasteiger partial charge in [-0.1, -0.05) is 24.3 Å². The molecular weight excluding hydrogens is 202 g/mol. The van der Waals surface area contributed by atoms with E-state index in [0.717, 1.165) is 11.4 Å². The van der Waals surface area contributed by atoms with E-state index in [-0.39, 0.29) is 0 Å². The third-order valence-corrected chi connectivity index (χ3v) is 2.09. The van der Waals surface area contributed by atoms with Gasteiger partial charge in [-0.15, -0.1) is 0 Å². The van der Waals surface area contributed by atoms with Crippen LogP contribution in [0.1, 0.15) is 18.3 Å². The number of aliphatic hydroxyl groups is 2. The molecule has 0 aliphatic heterocycles. The first-order chi connectivity index (χ1) is 7.59. The molecule has 0 aromatic carbocycles. The number of nitrogens with zero attached hydrogens (tertiary/aromatic N) is 1. The van der Waals surface area contributed by atoms with E-state index in [2.05, 4.69) is 4.98 Å². The van der Waals surface area contributed by atoms with Crippen LogP contribution in [0.3, 0.4) is 0 Å².